The molecule has 0 radical (unpaired) electrons. The smallest absolute Gasteiger partial charge is 0.316 e. The number of hydrazone groups is 1. The Balaban J connectivity index is 1.96. The molecular weight excluding hydrogens is 369 g/mol. The second-order valence-corrected chi connectivity index (χ2v) is 5.03. The molecule has 0 spiro atoms. The maximum atomic E-state index is 13.1. The standard InChI is InChI=1S/C14H13BrFN5O2/c1-22-11-6-19-14(20-7-11)23-8-10(21-17)5-18-9-2-3-13(16)12(15)4-9/h2-7H,8,17H2,1H3. The molecule has 2 N–H and O–H groups in total. The van der Waals surface area contributed by atoms with E-state index in [9.17, 15) is 4.39 Å². The van der Waals surface area contributed by atoms with Gasteiger partial charge in [-0.2, -0.15) is 15.1 Å². The Kier molecular flexibility index (Phi) is 5.98. The maximum absolute atomic E-state index is 13.1. The summed E-state index contributed by atoms with van der Waals surface area (Å²) in [4.78, 5) is 12.0. The van der Waals surface area contributed by atoms with Gasteiger partial charge < -0.3 is 15.3 Å². The number of aliphatic imine (C=N–C) groups is 1. The van der Waals surface area contributed by atoms with Crippen LogP contribution in [0.5, 0.6) is 11.8 Å². The van der Waals surface area contributed by atoms with Gasteiger partial charge in [-0.1, -0.05) is 0 Å². The van der Waals surface area contributed by atoms with Crippen molar-refractivity contribution in [3.8, 4) is 11.8 Å². The summed E-state index contributed by atoms with van der Waals surface area (Å²) in [5.74, 6) is 5.44. The second kappa shape index (κ2) is 8.18. The molecule has 1 aromatic heterocycles. The van der Waals surface area contributed by atoms with Crippen LogP contribution in [-0.4, -0.2) is 35.6 Å². The van der Waals surface area contributed by atoms with E-state index in [1.54, 1.807) is 0 Å². The van der Waals surface area contributed by atoms with Crippen LogP contribution >= 0.6 is 15.9 Å². The summed E-state index contributed by atoms with van der Waals surface area (Å²) < 4.78 is 23.7. The number of methoxy groups -OCH3 is 1. The fraction of sp³-hybridized carbons (Fsp3) is 0.143. The summed E-state index contributed by atoms with van der Waals surface area (Å²) in [6, 6.07) is 4.52. The molecule has 0 aliphatic carbocycles. The highest BCUT2D eigenvalue weighted by atomic mass is 79.9. The molecule has 0 bridgehead atoms. The van der Waals surface area contributed by atoms with E-state index in [2.05, 4.69) is 36.0 Å². The van der Waals surface area contributed by atoms with E-state index in [-0.39, 0.29) is 18.4 Å². The molecule has 0 atom stereocenters. The Labute approximate surface area is 140 Å². The van der Waals surface area contributed by atoms with E-state index < -0.39 is 0 Å². The van der Waals surface area contributed by atoms with Gasteiger partial charge in [-0.05, 0) is 34.1 Å². The van der Waals surface area contributed by atoms with Crippen molar-refractivity contribution < 1.29 is 13.9 Å². The van der Waals surface area contributed by atoms with E-state index in [1.165, 1.54) is 43.9 Å². The third kappa shape index (κ3) is 4.99. The Morgan fingerprint density at radius 1 is 1.39 bits per heavy atom. The highest BCUT2D eigenvalue weighted by Crippen LogP contribution is 2.21. The first-order valence-electron chi connectivity index (χ1n) is 6.37. The second-order valence-electron chi connectivity index (χ2n) is 4.17. The molecule has 7 nitrogen and oxygen atoms in total. The van der Waals surface area contributed by atoms with Crippen molar-refractivity contribution in [1.29, 1.82) is 0 Å². The van der Waals surface area contributed by atoms with Gasteiger partial charge >= 0.3 is 6.01 Å². The van der Waals surface area contributed by atoms with Gasteiger partial charge in [-0.25, -0.2) is 4.39 Å². The zero-order valence-electron chi connectivity index (χ0n) is 12.1. The Morgan fingerprint density at radius 3 is 2.74 bits per heavy atom. The van der Waals surface area contributed by atoms with Gasteiger partial charge in [0, 0.05) is 0 Å². The van der Waals surface area contributed by atoms with Crippen LogP contribution in [0.25, 0.3) is 0 Å². The fourth-order valence-corrected chi connectivity index (χ4v) is 1.81. The van der Waals surface area contributed by atoms with E-state index in [1.807, 2.05) is 0 Å². The van der Waals surface area contributed by atoms with Crippen LogP contribution in [0.3, 0.4) is 0 Å². The topological polar surface area (TPSA) is 95.0 Å². The fourth-order valence-electron chi connectivity index (χ4n) is 1.45. The zero-order chi connectivity index (χ0) is 16.7. The minimum Gasteiger partial charge on any atom is -0.494 e. The van der Waals surface area contributed by atoms with Crippen LogP contribution in [0.2, 0.25) is 0 Å². The number of ether oxygens (including phenoxy) is 2. The van der Waals surface area contributed by atoms with Crippen molar-refractivity contribution in [2.75, 3.05) is 13.7 Å². The quantitative estimate of drug-likeness (QED) is 0.471. The molecule has 23 heavy (non-hydrogen) atoms. The Bertz CT molecular complexity index is 722. The number of benzene rings is 1. The van der Waals surface area contributed by atoms with Gasteiger partial charge in [0.2, 0.25) is 0 Å². The number of rotatable bonds is 6. The third-order valence-corrected chi connectivity index (χ3v) is 3.23. The number of halogens is 2. The number of aromatic nitrogens is 2. The lowest BCUT2D eigenvalue weighted by atomic mass is 10.3. The lowest BCUT2D eigenvalue weighted by molar-refractivity contribution is 0.341. The molecular formula is C14H13BrFN5O2. The van der Waals surface area contributed by atoms with Crippen LogP contribution in [-0.2, 0) is 0 Å². The molecule has 1 aromatic carbocycles. The first-order chi connectivity index (χ1) is 11.1. The Hall–Kier alpha value is -2.55. The maximum Gasteiger partial charge on any atom is 0.316 e. The van der Waals surface area contributed by atoms with Gasteiger partial charge in [0.1, 0.15) is 18.1 Å². The number of nitrogens with two attached hydrogens (primary N) is 1. The highest BCUT2D eigenvalue weighted by molar-refractivity contribution is 9.10. The number of nitrogens with zero attached hydrogens (tertiary/aromatic N) is 4. The summed E-state index contributed by atoms with van der Waals surface area (Å²) in [6.45, 7) is 0.0364. The molecule has 1 heterocycles. The average Bonchev–Trinajstić information content (AvgIpc) is 2.58. The van der Waals surface area contributed by atoms with Crippen molar-refractivity contribution in [3.63, 3.8) is 0 Å². The molecule has 0 saturated carbocycles. The minimum atomic E-state index is -0.364. The average molecular weight is 382 g/mol. The molecule has 0 unspecified atom stereocenters. The first-order valence-corrected chi connectivity index (χ1v) is 7.16. The molecule has 0 amide bonds. The number of hydrogen-bond acceptors (Lipinski definition) is 7. The third-order valence-electron chi connectivity index (χ3n) is 2.62. The summed E-state index contributed by atoms with van der Waals surface area (Å²) in [6.07, 6.45) is 4.38. The van der Waals surface area contributed by atoms with E-state index in [0.29, 0.717) is 21.6 Å². The van der Waals surface area contributed by atoms with Crippen molar-refractivity contribution >= 4 is 33.5 Å². The zero-order valence-corrected chi connectivity index (χ0v) is 13.7. The van der Waals surface area contributed by atoms with Crippen LogP contribution < -0.4 is 15.3 Å². The van der Waals surface area contributed by atoms with Gasteiger partial charge in [0.25, 0.3) is 0 Å². The summed E-state index contributed by atoms with van der Waals surface area (Å²) in [5, 5.41) is 3.57. The van der Waals surface area contributed by atoms with Crippen molar-refractivity contribution in [2.45, 2.75) is 0 Å². The molecule has 120 valence electrons. The van der Waals surface area contributed by atoms with Crippen LogP contribution in [0.4, 0.5) is 10.1 Å². The van der Waals surface area contributed by atoms with E-state index >= 15 is 0 Å². The van der Waals surface area contributed by atoms with Crippen LogP contribution in [0.15, 0.2) is 45.2 Å². The van der Waals surface area contributed by atoms with Gasteiger partial charge in [0.15, 0.2) is 5.75 Å². The van der Waals surface area contributed by atoms with Crippen molar-refractivity contribution in [3.05, 3.63) is 40.9 Å². The molecule has 9 heteroatoms. The first kappa shape index (κ1) is 16.8. The lowest BCUT2D eigenvalue weighted by Crippen LogP contribution is -2.16. The summed E-state index contributed by atoms with van der Waals surface area (Å²) in [5.41, 5.74) is 0.907. The monoisotopic (exact) mass is 381 g/mol. The summed E-state index contributed by atoms with van der Waals surface area (Å²) >= 11 is 3.09. The van der Waals surface area contributed by atoms with E-state index in [4.69, 9.17) is 15.3 Å². The minimum absolute atomic E-state index is 0.0364. The SMILES string of the molecule is COc1cnc(OCC(C=Nc2ccc(F)c(Br)c2)=NN)nc1. The molecule has 2 rings (SSSR count). The molecule has 0 aliphatic rings. The van der Waals surface area contributed by atoms with Gasteiger partial charge in [-0.3, -0.25) is 4.99 Å². The summed E-state index contributed by atoms with van der Waals surface area (Å²) in [7, 11) is 1.52. The van der Waals surface area contributed by atoms with Gasteiger partial charge in [-0.15, -0.1) is 0 Å². The molecule has 0 saturated heterocycles. The normalized spacial score (nSPS) is 11.7. The number of hydrogen-bond donors (Lipinski definition) is 1. The molecule has 2 aromatic rings. The predicted molar refractivity (Wildman–Crippen MR) is 88.0 cm³/mol. The highest BCUT2D eigenvalue weighted by Gasteiger charge is 2.03. The van der Waals surface area contributed by atoms with Crippen molar-refractivity contribution in [1.82, 2.24) is 9.97 Å². The van der Waals surface area contributed by atoms with E-state index in [0.717, 1.165) is 0 Å². The van der Waals surface area contributed by atoms with Crippen LogP contribution in [0, 0.1) is 5.82 Å². The molecule has 0 fully saturated rings. The Morgan fingerprint density at radius 2 is 2.13 bits per heavy atom. The molecule has 0 aliphatic heterocycles. The lowest BCUT2D eigenvalue weighted by Gasteiger charge is -2.04. The van der Waals surface area contributed by atoms with Gasteiger partial charge in [0.05, 0.1) is 35.9 Å². The predicted octanol–water partition coefficient (Wildman–Crippen LogP) is 2.48. The largest absolute Gasteiger partial charge is 0.494 e. The van der Waals surface area contributed by atoms with Crippen molar-refractivity contribution in [2.24, 2.45) is 15.9 Å². The van der Waals surface area contributed by atoms with Crippen LogP contribution in [0.1, 0.15) is 0 Å².